The smallest absolute Gasteiger partial charge is 0.415 e. The van der Waals surface area contributed by atoms with Crippen LogP contribution in [0.5, 0.6) is 0 Å². The Bertz CT molecular complexity index is 1240. The fourth-order valence-corrected chi connectivity index (χ4v) is 5.28. The molecule has 3 N–H and O–H groups in total. The number of aryl methyl sites for hydroxylation is 1. The van der Waals surface area contributed by atoms with Crippen LogP contribution in [0.2, 0.25) is 0 Å². The molecule has 7 heteroatoms. The van der Waals surface area contributed by atoms with E-state index in [1.54, 1.807) is 0 Å². The number of benzene rings is 1. The highest BCUT2D eigenvalue weighted by Gasteiger charge is 2.39. The highest BCUT2D eigenvalue weighted by atomic mass is 16.6. The number of aromatic nitrogens is 1. The van der Waals surface area contributed by atoms with Crippen LogP contribution in [0.1, 0.15) is 48.5 Å². The number of aliphatic hydroxyl groups excluding tert-OH is 2. The Morgan fingerprint density at radius 3 is 2.94 bits per heavy atom. The van der Waals surface area contributed by atoms with Crippen LogP contribution in [-0.4, -0.2) is 52.1 Å². The van der Waals surface area contributed by atoms with E-state index in [9.17, 15) is 9.90 Å². The fraction of sp³-hybridized carbons (Fsp3) is 0.414. The van der Waals surface area contributed by atoms with E-state index in [2.05, 4.69) is 42.3 Å². The summed E-state index contributed by atoms with van der Waals surface area (Å²) in [5.74, 6) is 1.51. The van der Waals surface area contributed by atoms with Crippen molar-refractivity contribution in [2.24, 2.45) is 5.92 Å². The van der Waals surface area contributed by atoms with Gasteiger partial charge in [-0.05, 0) is 62.1 Å². The van der Waals surface area contributed by atoms with E-state index in [0.29, 0.717) is 31.8 Å². The van der Waals surface area contributed by atoms with Gasteiger partial charge in [0.05, 0.1) is 25.4 Å². The monoisotopic (exact) mass is 490 g/mol. The van der Waals surface area contributed by atoms with Gasteiger partial charge in [0.25, 0.3) is 0 Å². The average Bonchev–Trinajstić information content (AvgIpc) is 3.27. The molecule has 2 aliphatic carbocycles. The lowest BCUT2D eigenvalue weighted by Crippen LogP contribution is -2.43. The Kier molecular flexibility index (Phi) is 7.30. The molecule has 0 radical (unpaired) electrons. The summed E-state index contributed by atoms with van der Waals surface area (Å²) in [4.78, 5) is 18.9. The van der Waals surface area contributed by atoms with Crippen molar-refractivity contribution in [3.63, 3.8) is 0 Å². The average molecular weight is 491 g/mol. The third kappa shape index (κ3) is 5.13. The summed E-state index contributed by atoms with van der Waals surface area (Å²) in [6.07, 6.45) is 14.4. The van der Waals surface area contributed by atoms with Crippen LogP contribution in [0, 0.1) is 12.8 Å². The number of amides is 1. The zero-order chi connectivity index (χ0) is 25.1. The van der Waals surface area contributed by atoms with Crippen molar-refractivity contribution in [3.8, 4) is 0 Å². The van der Waals surface area contributed by atoms with Crippen LogP contribution < -0.4 is 0 Å². The lowest BCUT2D eigenvalue weighted by atomic mass is 9.84. The Labute approximate surface area is 211 Å². The summed E-state index contributed by atoms with van der Waals surface area (Å²) in [6.45, 7) is 2.76. The minimum absolute atomic E-state index is 0.0568. The summed E-state index contributed by atoms with van der Waals surface area (Å²) in [5.41, 5.74) is 4.66. The molecule has 0 bridgehead atoms. The van der Waals surface area contributed by atoms with Crippen molar-refractivity contribution in [1.29, 1.82) is 0 Å². The molecule has 0 spiro atoms. The molecular weight excluding hydrogens is 456 g/mol. The van der Waals surface area contributed by atoms with Gasteiger partial charge in [-0.2, -0.15) is 0 Å². The summed E-state index contributed by atoms with van der Waals surface area (Å²) in [7, 11) is 0. The molecule has 1 amide bonds. The number of carbonyl (C=O) groups is 1. The van der Waals surface area contributed by atoms with Crippen LogP contribution in [0.4, 0.5) is 4.79 Å². The van der Waals surface area contributed by atoms with Crippen LogP contribution >= 0.6 is 0 Å². The molecule has 1 aromatic heterocycles. The van der Waals surface area contributed by atoms with Crippen LogP contribution in [0.3, 0.4) is 0 Å². The SMILES string of the molecule is Cc1ccc2[nH]c3c(c2c1)CCN(C(=O)OC1=CC=CCC1)C3C1C=CC(OCCC(O)CO)=CC1. The van der Waals surface area contributed by atoms with Gasteiger partial charge >= 0.3 is 6.09 Å². The molecule has 1 aromatic carbocycles. The highest BCUT2D eigenvalue weighted by molar-refractivity contribution is 5.86. The predicted octanol–water partition coefficient (Wildman–Crippen LogP) is 4.97. The number of nitrogens with zero attached hydrogens (tertiary/aromatic N) is 1. The molecule has 190 valence electrons. The van der Waals surface area contributed by atoms with Gasteiger partial charge in [0.1, 0.15) is 11.5 Å². The van der Waals surface area contributed by atoms with Crippen molar-refractivity contribution < 1.29 is 24.5 Å². The third-order valence-electron chi connectivity index (χ3n) is 7.19. The number of allylic oxidation sites excluding steroid dienone is 6. The number of hydrogen-bond acceptors (Lipinski definition) is 5. The number of rotatable bonds is 7. The Hall–Kier alpha value is -3.29. The Morgan fingerprint density at radius 1 is 1.31 bits per heavy atom. The van der Waals surface area contributed by atoms with E-state index in [0.717, 1.165) is 36.2 Å². The first-order valence-electron chi connectivity index (χ1n) is 12.8. The topological polar surface area (TPSA) is 95.0 Å². The van der Waals surface area contributed by atoms with Gasteiger partial charge in [0.15, 0.2) is 0 Å². The zero-order valence-corrected chi connectivity index (χ0v) is 20.7. The number of fused-ring (bicyclic) bond motifs is 3. The lowest BCUT2D eigenvalue weighted by molar-refractivity contribution is 0.0655. The molecule has 2 aromatic rings. The first-order chi connectivity index (χ1) is 17.5. The van der Waals surface area contributed by atoms with Gasteiger partial charge in [-0.1, -0.05) is 29.9 Å². The van der Waals surface area contributed by atoms with Crippen molar-refractivity contribution in [1.82, 2.24) is 9.88 Å². The normalized spacial score (nSPS) is 22.1. The van der Waals surface area contributed by atoms with E-state index in [1.807, 2.05) is 29.2 Å². The van der Waals surface area contributed by atoms with Gasteiger partial charge in [-0.3, -0.25) is 4.90 Å². The number of H-pyrrole nitrogens is 1. The van der Waals surface area contributed by atoms with Crippen molar-refractivity contribution in [3.05, 3.63) is 83.0 Å². The van der Waals surface area contributed by atoms with Crippen LogP contribution in [0.15, 0.2) is 66.2 Å². The summed E-state index contributed by atoms with van der Waals surface area (Å²) in [5, 5.41) is 19.8. The van der Waals surface area contributed by atoms with E-state index in [1.165, 1.54) is 16.5 Å². The summed E-state index contributed by atoms with van der Waals surface area (Å²) < 4.78 is 11.6. The molecular formula is C29H34N2O5. The second-order valence-corrected chi connectivity index (χ2v) is 9.76. The highest BCUT2D eigenvalue weighted by Crippen LogP contribution is 2.42. The molecule has 3 unspecified atom stereocenters. The summed E-state index contributed by atoms with van der Waals surface area (Å²) >= 11 is 0. The zero-order valence-electron chi connectivity index (χ0n) is 20.7. The van der Waals surface area contributed by atoms with Gasteiger partial charge in [0, 0.05) is 41.9 Å². The number of carbonyl (C=O) groups excluding carboxylic acids is 1. The molecule has 5 rings (SSSR count). The third-order valence-corrected chi connectivity index (χ3v) is 7.19. The van der Waals surface area contributed by atoms with Gasteiger partial charge in [-0.15, -0.1) is 0 Å². The maximum Gasteiger partial charge on any atom is 0.415 e. The number of ether oxygens (including phenoxy) is 2. The Morgan fingerprint density at radius 2 is 2.19 bits per heavy atom. The van der Waals surface area contributed by atoms with Gasteiger partial charge < -0.3 is 24.7 Å². The molecule has 1 aliphatic heterocycles. The first kappa shape index (κ1) is 24.4. The maximum atomic E-state index is 13.4. The van der Waals surface area contributed by atoms with Crippen molar-refractivity contribution in [2.75, 3.05) is 19.8 Å². The van der Waals surface area contributed by atoms with Crippen molar-refractivity contribution >= 4 is 17.0 Å². The number of nitrogens with one attached hydrogen (secondary N) is 1. The molecule has 36 heavy (non-hydrogen) atoms. The second kappa shape index (κ2) is 10.8. The minimum Gasteiger partial charge on any atom is -0.494 e. The second-order valence-electron chi connectivity index (χ2n) is 9.76. The molecule has 0 saturated heterocycles. The van der Waals surface area contributed by atoms with Crippen LogP contribution in [0.25, 0.3) is 10.9 Å². The number of aromatic amines is 1. The van der Waals surface area contributed by atoms with E-state index in [-0.39, 0.29) is 24.7 Å². The number of aliphatic hydroxyl groups is 2. The molecule has 2 heterocycles. The largest absolute Gasteiger partial charge is 0.494 e. The molecule has 0 saturated carbocycles. The lowest BCUT2D eigenvalue weighted by Gasteiger charge is -2.39. The number of hydrogen-bond donors (Lipinski definition) is 3. The van der Waals surface area contributed by atoms with Gasteiger partial charge in [0.2, 0.25) is 0 Å². The predicted molar refractivity (Wildman–Crippen MR) is 138 cm³/mol. The molecule has 3 atom stereocenters. The standard InChI is InChI=1S/C29H34N2O5/c1-19-7-12-26-25(17-19)24-13-15-31(29(34)36-23-5-3-2-4-6-23)28(27(24)30-26)20-8-10-22(11-9-20)35-16-14-21(33)18-32/h2-3,5,7-8,10-12,17,20-21,28,30,32-33H,4,6,9,13-16,18H2,1H3. The van der Waals surface area contributed by atoms with E-state index in [4.69, 9.17) is 14.6 Å². The van der Waals surface area contributed by atoms with E-state index >= 15 is 0 Å². The van der Waals surface area contributed by atoms with Gasteiger partial charge in [-0.25, -0.2) is 4.79 Å². The summed E-state index contributed by atoms with van der Waals surface area (Å²) in [6, 6.07) is 6.26. The molecule has 0 fully saturated rings. The minimum atomic E-state index is -0.772. The molecule has 3 aliphatic rings. The fourth-order valence-electron chi connectivity index (χ4n) is 5.28. The quantitative estimate of drug-likeness (QED) is 0.510. The van der Waals surface area contributed by atoms with E-state index < -0.39 is 6.10 Å². The Balaban J connectivity index is 1.40. The van der Waals surface area contributed by atoms with Crippen molar-refractivity contribution in [2.45, 2.75) is 51.2 Å². The first-order valence-corrected chi connectivity index (χ1v) is 12.8. The maximum absolute atomic E-state index is 13.4. The molecule has 7 nitrogen and oxygen atoms in total. The van der Waals surface area contributed by atoms with Crippen LogP contribution in [-0.2, 0) is 15.9 Å².